The van der Waals surface area contributed by atoms with Crippen molar-refractivity contribution in [2.45, 2.75) is 32.4 Å². The van der Waals surface area contributed by atoms with E-state index in [1.54, 1.807) is 0 Å². The molecule has 31 heavy (non-hydrogen) atoms. The molecule has 3 rings (SSSR count). The van der Waals surface area contributed by atoms with E-state index in [-0.39, 0.29) is 24.0 Å². The van der Waals surface area contributed by atoms with Crippen molar-refractivity contribution >= 4 is 34.0 Å². The largest absolute Gasteiger partial charge is 0.484 e. The number of rotatable bonds is 7. The molecule has 0 spiro atoms. The van der Waals surface area contributed by atoms with Gasteiger partial charge in [-0.3, -0.25) is 10.1 Å². The minimum Gasteiger partial charge on any atom is -0.484 e. The number of amides is 1. The number of alkyl halides is 3. The Morgan fingerprint density at radius 3 is 2.55 bits per heavy atom. The average Bonchev–Trinajstić information content (AvgIpc) is 3.14. The van der Waals surface area contributed by atoms with Crippen LogP contribution in [-0.2, 0) is 17.4 Å². The van der Waals surface area contributed by atoms with Crippen molar-refractivity contribution in [3.63, 3.8) is 0 Å². The second-order valence-corrected chi connectivity index (χ2v) is 8.70. The van der Waals surface area contributed by atoms with Crippen molar-refractivity contribution in [3.8, 4) is 5.75 Å². The Kier molecular flexibility index (Phi) is 7.23. The van der Waals surface area contributed by atoms with Crippen LogP contribution >= 0.6 is 22.9 Å². The molecule has 0 atom stereocenters. The van der Waals surface area contributed by atoms with Gasteiger partial charge in [0, 0.05) is 17.5 Å². The van der Waals surface area contributed by atoms with Gasteiger partial charge in [0.25, 0.3) is 5.91 Å². The average molecular weight is 469 g/mol. The molecule has 0 saturated carbocycles. The van der Waals surface area contributed by atoms with Gasteiger partial charge in [0.05, 0.1) is 10.6 Å². The molecule has 0 aliphatic carbocycles. The predicted octanol–water partition coefficient (Wildman–Crippen LogP) is 6.55. The first-order chi connectivity index (χ1) is 14.6. The first-order valence-electron chi connectivity index (χ1n) is 9.45. The Hall–Kier alpha value is -2.58. The van der Waals surface area contributed by atoms with E-state index < -0.39 is 11.7 Å². The number of hydrogen-bond acceptors (Lipinski definition) is 4. The number of halogens is 4. The summed E-state index contributed by atoms with van der Waals surface area (Å²) in [6.07, 6.45) is -2.75. The quantitative estimate of drug-likeness (QED) is 0.428. The maximum atomic E-state index is 13.0. The molecule has 0 unspecified atom stereocenters. The van der Waals surface area contributed by atoms with Gasteiger partial charge < -0.3 is 4.74 Å². The monoisotopic (exact) mass is 468 g/mol. The molecule has 0 bridgehead atoms. The summed E-state index contributed by atoms with van der Waals surface area (Å²) in [5.41, 5.74) is 0.755. The molecule has 2 aromatic carbocycles. The second-order valence-electron chi connectivity index (χ2n) is 7.18. The third kappa shape index (κ3) is 6.45. The predicted molar refractivity (Wildman–Crippen MR) is 116 cm³/mol. The second kappa shape index (κ2) is 9.70. The topological polar surface area (TPSA) is 51.2 Å². The summed E-state index contributed by atoms with van der Waals surface area (Å²) < 4.78 is 44.5. The van der Waals surface area contributed by atoms with Gasteiger partial charge in [-0.15, -0.1) is 11.3 Å². The van der Waals surface area contributed by atoms with Gasteiger partial charge in [0.1, 0.15) is 5.75 Å². The van der Waals surface area contributed by atoms with Gasteiger partial charge in [-0.1, -0.05) is 43.6 Å². The summed E-state index contributed by atoms with van der Waals surface area (Å²) in [6.45, 7) is 4.00. The number of nitrogens with zero attached hydrogens (tertiary/aromatic N) is 1. The van der Waals surface area contributed by atoms with Crippen LogP contribution < -0.4 is 10.1 Å². The molecule has 1 heterocycles. The van der Waals surface area contributed by atoms with E-state index in [9.17, 15) is 18.0 Å². The molecule has 0 aliphatic heterocycles. The highest BCUT2D eigenvalue weighted by Gasteiger charge is 2.33. The molecule has 1 N–H and O–H groups in total. The van der Waals surface area contributed by atoms with Crippen molar-refractivity contribution in [1.29, 1.82) is 0 Å². The van der Waals surface area contributed by atoms with Crippen LogP contribution in [0.3, 0.4) is 0 Å². The Bertz CT molecular complexity index is 1050. The lowest BCUT2D eigenvalue weighted by Crippen LogP contribution is -2.19. The fraction of sp³-hybridized carbons (Fsp3) is 0.273. The number of carbonyl (C=O) groups is 1. The van der Waals surface area contributed by atoms with Gasteiger partial charge in [0.15, 0.2) is 11.7 Å². The van der Waals surface area contributed by atoms with Crippen LogP contribution in [0, 0.1) is 0 Å². The number of benzene rings is 2. The van der Waals surface area contributed by atoms with Gasteiger partial charge >= 0.3 is 6.18 Å². The summed E-state index contributed by atoms with van der Waals surface area (Å²) >= 11 is 6.84. The van der Waals surface area contributed by atoms with Crippen LogP contribution in [0.4, 0.5) is 18.3 Å². The van der Waals surface area contributed by atoms with Gasteiger partial charge in [0.2, 0.25) is 0 Å². The molecule has 9 heteroatoms. The van der Waals surface area contributed by atoms with Gasteiger partial charge in [-0.05, 0) is 41.3 Å². The number of thiazole rings is 1. The fourth-order valence-corrected chi connectivity index (χ4v) is 3.89. The molecule has 0 fully saturated rings. The number of anilines is 1. The van der Waals surface area contributed by atoms with E-state index >= 15 is 0 Å². The van der Waals surface area contributed by atoms with Crippen LogP contribution in [0.1, 0.15) is 41.3 Å². The molecule has 3 aromatic rings. The van der Waals surface area contributed by atoms with Crippen molar-refractivity contribution in [1.82, 2.24) is 4.98 Å². The summed E-state index contributed by atoms with van der Waals surface area (Å²) in [6, 6.07) is 11.3. The first-order valence-corrected chi connectivity index (χ1v) is 10.6. The zero-order valence-electron chi connectivity index (χ0n) is 16.8. The normalized spacial score (nSPS) is 11.6. The molecule has 0 aliphatic rings. The fourth-order valence-electron chi connectivity index (χ4n) is 2.80. The molecule has 1 aromatic heterocycles. The summed E-state index contributed by atoms with van der Waals surface area (Å²) in [7, 11) is 0. The number of carbonyl (C=O) groups excluding carboxylic acids is 1. The highest BCUT2D eigenvalue weighted by atomic mass is 35.5. The summed E-state index contributed by atoms with van der Waals surface area (Å²) in [5, 5.41) is 2.65. The Balaban J connectivity index is 1.55. The Morgan fingerprint density at radius 1 is 1.19 bits per heavy atom. The van der Waals surface area contributed by atoms with E-state index in [2.05, 4.69) is 24.1 Å². The first kappa shape index (κ1) is 23.1. The maximum Gasteiger partial charge on any atom is 0.417 e. The van der Waals surface area contributed by atoms with E-state index in [1.165, 1.54) is 35.2 Å². The van der Waals surface area contributed by atoms with Crippen molar-refractivity contribution < 1.29 is 22.7 Å². The third-order valence-electron chi connectivity index (χ3n) is 4.43. The maximum absolute atomic E-state index is 13.0. The van der Waals surface area contributed by atoms with Crippen molar-refractivity contribution in [2.24, 2.45) is 0 Å². The Labute approximate surface area is 187 Å². The summed E-state index contributed by atoms with van der Waals surface area (Å²) in [5.74, 6) is 0.617. The standard InChI is InChI=1S/C22H20ClF3N2O2S/c1-13(2)15-4-6-16(7-5-15)30-12-20(29)28-21-27-11-17(31-21)9-14-3-8-19(23)18(10-14)22(24,25)26/h3-8,10-11,13H,9,12H2,1-2H3,(H,27,28,29). The highest BCUT2D eigenvalue weighted by Crippen LogP contribution is 2.35. The highest BCUT2D eigenvalue weighted by molar-refractivity contribution is 7.15. The van der Waals surface area contributed by atoms with Crippen LogP contribution in [0.2, 0.25) is 5.02 Å². The van der Waals surface area contributed by atoms with Crippen LogP contribution in [0.5, 0.6) is 5.75 Å². The van der Waals surface area contributed by atoms with Crippen molar-refractivity contribution in [3.05, 3.63) is 75.3 Å². The third-order valence-corrected chi connectivity index (χ3v) is 5.67. The van der Waals surface area contributed by atoms with Gasteiger partial charge in [-0.25, -0.2) is 4.98 Å². The number of aromatic nitrogens is 1. The molecule has 4 nitrogen and oxygen atoms in total. The zero-order valence-corrected chi connectivity index (χ0v) is 18.4. The van der Waals surface area contributed by atoms with Crippen LogP contribution in [0.15, 0.2) is 48.7 Å². The number of ether oxygens (including phenoxy) is 1. The zero-order chi connectivity index (χ0) is 22.6. The minimum absolute atomic E-state index is 0.179. The Morgan fingerprint density at radius 2 is 1.90 bits per heavy atom. The molecule has 1 amide bonds. The lowest BCUT2D eigenvalue weighted by molar-refractivity contribution is -0.137. The van der Waals surface area contributed by atoms with E-state index in [0.717, 1.165) is 6.07 Å². The smallest absolute Gasteiger partial charge is 0.417 e. The molecular formula is C22H20ClF3N2O2S. The van der Waals surface area contributed by atoms with E-state index in [4.69, 9.17) is 16.3 Å². The van der Waals surface area contributed by atoms with Crippen molar-refractivity contribution in [2.75, 3.05) is 11.9 Å². The van der Waals surface area contributed by atoms with Crippen LogP contribution in [-0.4, -0.2) is 17.5 Å². The lowest BCUT2D eigenvalue weighted by Gasteiger charge is -2.10. The van der Waals surface area contributed by atoms with Gasteiger partial charge in [-0.2, -0.15) is 13.2 Å². The van der Waals surface area contributed by atoms with Crippen LogP contribution in [0.25, 0.3) is 0 Å². The molecule has 0 radical (unpaired) electrons. The summed E-state index contributed by atoms with van der Waals surface area (Å²) in [4.78, 5) is 16.9. The van der Waals surface area contributed by atoms with E-state index in [1.807, 2.05) is 24.3 Å². The molecular weight excluding hydrogens is 449 g/mol. The number of nitrogens with one attached hydrogen (secondary N) is 1. The lowest BCUT2D eigenvalue weighted by atomic mass is 10.0. The SMILES string of the molecule is CC(C)c1ccc(OCC(=O)Nc2ncc(Cc3ccc(Cl)c(C(F)(F)F)c3)s2)cc1. The molecule has 164 valence electrons. The van der Waals surface area contributed by atoms with E-state index in [0.29, 0.717) is 27.2 Å². The molecule has 0 saturated heterocycles. The number of hydrogen-bond donors (Lipinski definition) is 1. The minimum atomic E-state index is -4.52.